The van der Waals surface area contributed by atoms with Crippen LogP contribution in [0.3, 0.4) is 0 Å². The number of rotatable bonds is 5. The van der Waals surface area contributed by atoms with Crippen LogP contribution in [0.4, 0.5) is 27.6 Å². The number of amides is 1. The monoisotopic (exact) mass is 462 g/mol. The van der Waals surface area contributed by atoms with Crippen LogP contribution in [0.5, 0.6) is 0 Å². The molecule has 1 saturated heterocycles. The van der Waals surface area contributed by atoms with Crippen molar-refractivity contribution in [2.45, 2.75) is 37.0 Å². The number of sulfonamides is 1. The Bertz CT molecular complexity index is 1050. The first-order valence-electron chi connectivity index (χ1n) is 9.53. The Morgan fingerprint density at radius 3 is 1.81 bits per heavy atom. The van der Waals surface area contributed by atoms with Crippen LogP contribution in [-0.2, 0) is 21.2 Å². The van der Waals surface area contributed by atoms with Crippen molar-refractivity contribution < 1.29 is 35.2 Å². The summed E-state index contributed by atoms with van der Waals surface area (Å²) in [6.07, 6.45) is 2.36. The molecule has 168 valence electrons. The quantitative estimate of drug-likeness (QED) is 0.413. The zero-order valence-corrected chi connectivity index (χ0v) is 17.0. The zero-order valence-electron chi connectivity index (χ0n) is 16.2. The lowest BCUT2D eigenvalue weighted by Crippen LogP contribution is -2.31. The largest absolute Gasteiger partial charge is 0.326 e. The number of halogens is 5. The fourth-order valence-electron chi connectivity index (χ4n) is 3.31. The van der Waals surface area contributed by atoms with Gasteiger partial charge in [0.05, 0.1) is 11.3 Å². The van der Waals surface area contributed by atoms with Gasteiger partial charge in [-0.15, -0.1) is 0 Å². The van der Waals surface area contributed by atoms with Crippen molar-refractivity contribution in [2.75, 3.05) is 18.4 Å². The molecule has 1 aliphatic rings. The fraction of sp³-hybridized carbons (Fsp3) is 0.350. The summed E-state index contributed by atoms with van der Waals surface area (Å²) in [5, 5.41) is 2.25. The Hall–Kier alpha value is -2.53. The van der Waals surface area contributed by atoms with Gasteiger partial charge in [-0.3, -0.25) is 4.79 Å². The third kappa shape index (κ3) is 4.87. The minimum atomic E-state index is -3.70. The predicted octanol–water partition coefficient (Wildman–Crippen LogP) is 4.13. The molecule has 31 heavy (non-hydrogen) atoms. The molecule has 1 fully saturated rings. The third-order valence-corrected chi connectivity index (χ3v) is 6.89. The smallest absolute Gasteiger partial charge is 0.243 e. The number of nitrogens with zero attached hydrogens (tertiary/aromatic N) is 1. The van der Waals surface area contributed by atoms with Crippen LogP contribution in [-0.4, -0.2) is 31.7 Å². The summed E-state index contributed by atoms with van der Waals surface area (Å²) in [6.45, 7) is 0.839. The van der Waals surface area contributed by atoms with Crippen molar-refractivity contribution >= 4 is 21.6 Å². The Labute approximate surface area is 175 Å². The standard InChI is InChI=1S/C20H19F5N2O3S/c21-16-14(17(22)19(24)20(25)18(16)23)11-15(28)26-12-5-7-13(8-6-12)31(29,30)27-9-3-1-2-4-10-27/h5-8H,1-4,9-11H2,(H,26,28). The minimum Gasteiger partial charge on any atom is -0.326 e. The topological polar surface area (TPSA) is 66.5 Å². The number of benzene rings is 2. The van der Waals surface area contributed by atoms with Crippen molar-refractivity contribution in [3.05, 3.63) is 58.9 Å². The maximum absolute atomic E-state index is 13.7. The summed E-state index contributed by atoms with van der Waals surface area (Å²) >= 11 is 0. The molecule has 5 nitrogen and oxygen atoms in total. The molecule has 0 saturated carbocycles. The maximum atomic E-state index is 13.7. The number of carbonyl (C=O) groups is 1. The van der Waals surface area contributed by atoms with Gasteiger partial charge in [-0.05, 0) is 37.1 Å². The molecule has 2 aromatic rings. The van der Waals surface area contributed by atoms with E-state index in [-0.39, 0.29) is 10.6 Å². The molecule has 1 amide bonds. The van der Waals surface area contributed by atoms with E-state index in [0.717, 1.165) is 25.7 Å². The highest BCUT2D eigenvalue weighted by Gasteiger charge is 2.27. The second-order valence-electron chi connectivity index (χ2n) is 7.12. The number of hydrogen-bond acceptors (Lipinski definition) is 3. The first-order chi connectivity index (χ1) is 14.6. The highest BCUT2D eigenvalue weighted by molar-refractivity contribution is 7.89. The van der Waals surface area contributed by atoms with Gasteiger partial charge in [-0.25, -0.2) is 30.4 Å². The SMILES string of the molecule is O=C(Cc1c(F)c(F)c(F)c(F)c1F)Nc1ccc(S(=O)(=O)N2CCCCCC2)cc1. The van der Waals surface area contributed by atoms with E-state index >= 15 is 0 Å². The van der Waals surface area contributed by atoms with Gasteiger partial charge in [-0.1, -0.05) is 12.8 Å². The van der Waals surface area contributed by atoms with Crippen LogP contribution in [0, 0.1) is 29.1 Å². The fourth-order valence-corrected chi connectivity index (χ4v) is 4.83. The highest BCUT2D eigenvalue weighted by Crippen LogP contribution is 2.25. The highest BCUT2D eigenvalue weighted by atomic mass is 32.2. The van der Waals surface area contributed by atoms with Crippen LogP contribution in [0.1, 0.15) is 31.2 Å². The molecule has 3 rings (SSSR count). The van der Waals surface area contributed by atoms with Crippen molar-refractivity contribution in [2.24, 2.45) is 0 Å². The summed E-state index contributed by atoms with van der Waals surface area (Å²) in [7, 11) is -3.70. The third-order valence-electron chi connectivity index (χ3n) is 4.98. The lowest BCUT2D eigenvalue weighted by Gasteiger charge is -2.20. The molecule has 0 spiro atoms. The second-order valence-corrected chi connectivity index (χ2v) is 9.05. The molecule has 11 heteroatoms. The molecule has 0 atom stereocenters. The number of nitrogens with one attached hydrogen (secondary N) is 1. The Morgan fingerprint density at radius 2 is 1.29 bits per heavy atom. The van der Waals surface area contributed by atoms with E-state index in [2.05, 4.69) is 5.32 Å². The molecule has 0 aliphatic carbocycles. The minimum absolute atomic E-state index is 0.0205. The van der Waals surface area contributed by atoms with E-state index in [0.29, 0.717) is 13.1 Å². The van der Waals surface area contributed by atoms with Crippen molar-refractivity contribution in [3.63, 3.8) is 0 Å². The number of carbonyl (C=O) groups excluding carboxylic acids is 1. The van der Waals surface area contributed by atoms with Gasteiger partial charge < -0.3 is 5.32 Å². The van der Waals surface area contributed by atoms with Crippen LogP contribution in [0.2, 0.25) is 0 Å². The maximum Gasteiger partial charge on any atom is 0.243 e. The molecular formula is C20H19F5N2O3S. The first-order valence-corrected chi connectivity index (χ1v) is 11.0. The molecule has 2 aromatic carbocycles. The number of anilines is 1. The van der Waals surface area contributed by atoms with Crippen LogP contribution < -0.4 is 5.32 Å². The molecule has 1 N–H and O–H groups in total. The lowest BCUT2D eigenvalue weighted by atomic mass is 10.1. The first kappa shape index (κ1) is 23.1. The van der Waals surface area contributed by atoms with Crippen LogP contribution >= 0.6 is 0 Å². The second kappa shape index (κ2) is 9.31. The molecular weight excluding hydrogens is 443 g/mol. The van der Waals surface area contributed by atoms with Gasteiger partial charge >= 0.3 is 0 Å². The van der Waals surface area contributed by atoms with Crippen molar-refractivity contribution in [1.29, 1.82) is 0 Å². The number of hydrogen-bond donors (Lipinski definition) is 1. The van der Waals surface area contributed by atoms with Crippen LogP contribution in [0.15, 0.2) is 29.2 Å². The average molecular weight is 462 g/mol. The van der Waals surface area contributed by atoms with Crippen molar-refractivity contribution in [1.82, 2.24) is 4.31 Å². The van der Waals surface area contributed by atoms with Gasteiger partial charge in [0, 0.05) is 24.3 Å². The normalized spacial score (nSPS) is 15.5. The van der Waals surface area contributed by atoms with Gasteiger partial charge in [0.15, 0.2) is 23.3 Å². The van der Waals surface area contributed by atoms with Gasteiger partial charge in [-0.2, -0.15) is 4.31 Å². The summed E-state index contributed by atoms with van der Waals surface area (Å²) in [4.78, 5) is 12.1. The molecule has 0 unspecified atom stereocenters. The average Bonchev–Trinajstić information content (AvgIpc) is 3.04. The zero-order chi connectivity index (χ0) is 22.8. The molecule has 1 aliphatic heterocycles. The molecule has 0 aromatic heterocycles. The summed E-state index contributed by atoms with van der Waals surface area (Å²) in [6, 6.07) is 5.10. The molecule has 0 bridgehead atoms. The van der Waals surface area contributed by atoms with Gasteiger partial charge in [0.1, 0.15) is 0 Å². The van der Waals surface area contributed by atoms with E-state index in [1.165, 1.54) is 28.6 Å². The van der Waals surface area contributed by atoms with E-state index in [1.54, 1.807) is 0 Å². The predicted molar refractivity (Wildman–Crippen MR) is 102 cm³/mol. The van der Waals surface area contributed by atoms with E-state index in [9.17, 15) is 35.2 Å². The summed E-state index contributed by atoms with van der Waals surface area (Å²) in [5.74, 6) is -11.8. The van der Waals surface area contributed by atoms with Gasteiger partial charge in [0.25, 0.3) is 0 Å². The Kier molecular flexibility index (Phi) is 6.95. The molecule has 0 radical (unpaired) electrons. The summed E-state index contributed by atoms with van der Waals surface area (Å²) in [5.41, 5.74) is -1.15. The Morgan fingerprint density at radius 1 is 0.806 bits per heavy atom. The van der Waals surface area contributed by atoms with Crippen LogP contribution in [0.25, 0.3) is 0 Å². The molecule has 1 heterocycles. The lowest BCUT2D eigenvalue weighted by molar-refractivity contribution is -0.115. The van der Waals surface area contributed by atoms with E-state index in [1.807, 2.05) is 0 Å². The van der Waals surface area contributed by atoms with E-state index < -0.39 is 57.0 Å². The van der Waals surface area contributed by atoms with E-state index in [4.69, 9.17) is 0 Å². The summed E-state index contributed by atoms with van der Waals surface area (Å²) < 4.78 is 93.9. The Balaban J connectivity index is 1.73. The van der Waals surface area contributed by atoms with Gasteiger partial charge in [0.2, 0.25) is 21.7 Å². The van der Waals surface area contributed by atoms with Crippen molar-refractivity contribution in [3.8, 4) is 0 Å².